The predicted octanol–water partition coefficient (Wildman–Crippen LogP) is 1.82. The lowest BCUT2D eigenvalue weighted by Gasteiger charge is -2.07. The summed E-state index contributed by atoms with van der Waals surface area (Å²) in [5.74, 6) is 0. The summed E-state index contributed by atoms with van der Waals surface area (Å²) in [6, 6.07) is 5.01. The van der Waals surface area contributed by atoms with Gasteiger partial charge in [-0.1, -0.05) is 11.6 Å². The summed E-state index contributed by atoms with van der Waals surface area (Å²) in [4.78, 5) is 16.2. The average Bonchev–Trinajstić information content (AvgIpc) is 2.27. The molecule has 0 aliphatic carbocycles. The van der Waals surface area contributed by atoms with Crippen molar-refractivity contribution in [3.8, 4) is 0 Å². The standard InChI is InChI=1S/C12H13ClN2O2/c1-8(16)4-5-15-7-14-11-6-9(13)2-3-10(11)12(15)17/h2-3,6-8,16H,4-5H2,1H3/t8-/m0/s1. The molecule has 0 bridgehead atoms. The van der Waals surface area contributed by atoms with Crippen molar-refractivity contribution in [2.45, 2.75) is 26.0 Å². The van der Waals surface area contributed by atoms with Crippen molar-refractivity contribution < 1.29 is 5.11 Å². The SMILES string of the molecule is C[C@H](O)CCn1cnc2cc(Cl)ccc2c1=O. The van der Waals surface area contributed by atoms with Crippen LogP contribution in [0.1, 0.15) is 13.3 Å². The number of aromatic nitrogens is 2. The number of halogens is 1. The zero-order valence-electron chi connectivity index (χ0n) is 9.43. The van der Waals surface area contributed by atoms with Gasteiger partial charge in [-0.25, -0.2) is 4.98 Å². The molecular formula is C12H13ClN2O2. The lowest BCUT2D eigenvalue weighted by molar-refractivity contribution is 0.177. The highest BCUT2D eigenvalue weighted by Gasteiger charge is 2.05. The van der Waals surface area contributed by atoms with Crippen molar-refractivity contribution >= 4 is 22.5 Å². The maximum atomic E-state index is 12.1. The van der Waals surface area contributed by atoms with Crippen molar-refractivity contribution in [3.63, 3.8) is 0 Å². The number of nitrogens with zero attached hydrogens (tertiary/aromatic N) is 2. The topological polar surface area (TPSA) is 55.1 Å². The number of aliphatic hydroxyl groups is 1. The second-order valence-corrected chi connectivity index (χ2v) is 4.48. The van der Waals surface area contributed by atoms with Gasteiger partial charge >= 0.3 is 0 Å². The van der Waals surface area contributed by atoms with E-state index in [1.165, 1.54) is 10.9 Å². The largest absolute Gasteiger partial charge is 0.393 e. The molecule has 5 heteroatoms. The summed E-state index contributed by atoms with van der Waals surface area (Å²) in [5.41, 5.74) is 0.489. The first-order chi connectivity index (χ1) is 8.08. The normalized spacial score (nSPS) is 12.9. The first-order valence-corrected chi connectivity index (χ1v) is 5.78. The molecule has 90 valence electrons. The van der Waals surface area contributed by atoms with E-state index in [0.717, 1.165) is 0 Å². The van der Waals surface area contributed by atoms with Crippen LogP contribution < -0.4 is 5.56 Å². The molecule has 1 N–H and O–H groups in total. The van der Waals surface area contributed by atoms with Crippen LogP contribution in [0.25, 0.3) is 10.9 Å². The van der Waals surface area contributed by atoms with E-state index in [2.05, 4.69) is 4.98 Å². The third-order valence-electron chi connectivity index (χ3n) is 2.58. The molecule has 1 atom stereocenters. The van der Waals surface area contributed by atoms with Crippen LogP contribution in [0, 0.1) is 0 Å². The summed E-state index contributed by atoms with van der Waals surface area (Å²) >= 11 is 5.83. The summed E-state index contributed by atoms with van der Waals surface area (Å²) < 4.78 is 1.50. The van der Waals surface area contributed by atoms with E-state index in [1.54, 1.807) is 25.1 Å². The summed E-state index contributed by atoms with van der Waals surface area (Å²) in [6.07, 6.45) is 1.59. The van der Waals surface area contributed by atoms with Crippen molar-refractivity contribution in [2.75, 3.05) is 0 Å². The minimum Gasteiger partial charge on any atom is -0.393 e. The highest BCUT2D eigenvalue weighted by molar-refractivity contribution is 6.31. The minimum atomic E-state index is -0.428. The molecule has 0 spiro atoms. The summed E-state index contributed by atoms with van der Waals surface area (Å²) in [7, 11) is 0. The highest BCUT2D eigenvalue weighted by atomic mass is 35.5. The van der Waals surface area contributed by atoms with Crippen LogP contribution >= 0.6 is 11.6 Å². The third-order valence-corrected chi connectivity index (χ3v) is 2.81. The molecule has 0 fully saturated rings. The smallest absolute Gasteiger partial charge is 0.261 e. The van der Waals surface area contributed by atoms with Crippen LogP contribution in [0.2, 0.25) is 5.02 Å². The Bertz CT molecular complexity index is 593. The molecule has 1 heterocycles. The maximum absolute atomic E-state index is 12.1. The minimum absolute atomic E-state index is 0.104. The van der Waals surface area contributed by atoms with Gasteiger partial charge in [0.2, 0.25) is 0 Å². The van der Waals surface area contributed by atoms with Gasteiger partial charge in [0.25, 0.3) is 5.56 Å². The van der Waals surface area contributed by atoms with Gasteiger partial charge in [0.1, 0.15) is 0 Å². The molecule has 0 aliphatic rings. The first kappa shape index (κ1) is 12.1. The predicted molar refractivity (Wildman–Crippen MR) is 67.3 cm³/mol. The molecule has 1 aromatic heterocycles. The third kappa shape index (κ3) is 2.65. The fraction of sp³-hybridized carbons (Fsp3) is 0.333. The molecule has 0 radical (unpaired) electrons. The molecule has 0 saturated carbocycles. The van der Waals surface area contributed by atoms with Gasteiger partial charge in [-0.3, -0.25) is 9.36 Å². The monoisotopic (exact) mass is 252 g/mol. The molecule has 0 aliphatic heterocycles. The molecular weight excluding hydrogens is 240 g/mol. The molecule has 17 heavy (non-hydrogen) atoms. The van der Waals surface area contributed by atoms with Crippen LogP contribution in [0.4, 0.5) is 0 Å². The molecule has 0 amide bonds. The van der Waals surface area contributed by atoms with E-state index in [4.69, 9.17) is 11.6 Å². The number of hydrogen-bond donors (Lipinski definition) is 1. The van der Waals surface area contributed by atoms with Crippen molar-refractivity contribution in [1.29, 1.82) is 0 Å². The van der Waals surface area contributed by atoms with E-state index < -0.39 is 6.10 Å². The van der Waals surface area contributed by atoms with Crippen molar-refractivity contribution in [1.82, 2.24) is 9.55 Å². The molecule has 0 saturated heterocycles. The number of aryl methyl sites for hydroxylation is 1. The van der Waals surface area contributed by atoms with E-state index in [0.29, 0.717) is 28.9 Å². The van der Waals surface area contributed by atoms with Gasteiger partial charge in [-0.2, -0.15) is 0 Å². The number of rotatable bonds is 3. The van der Waals surface area contributed by atoms with Crippen molar-refractivity contribution in [2.24, 2.45) is 0 Å². The number of hydrogen-bond acceptors (Lipinski definition) is 3. The van der Waals surface area contributed by atoms with Gasteiger partial charge in [-0.15, -0.1) is 0 Å². The second kappa shape index (κ2) is 4.85. The first-order valence-electron chi connectivity index (χ1n) is 5.40. The van der Waals surface area contributed by atoms with Gasteiger partial charge in [-0.05, 0) is 31.5 Å². The Labute approximate surface area is 103 Å². The number of fused-ring (bicyclic) bond motifs is 1. The van der Waals surface area contributed by atoms with Gasteiger partial charge in [0, 0.05) is 11.6 Å². The molecule has 1 aromatic carbocycles. The van der Waals surface area contributed by atoms with Crippen LogP contribution in [-0.4, -0.2) is 20.8 Å². The molecule has 0 unspecified atom stereocenters. The number of aliphatic hydroxyl groups excluding tert-OH is 1. The second-order valence-electron chi connectivity index (χ2n) is 4.04. The van der Waals surface area contributed by atoms with E-state index in [9.17, 15) is 9.90 Å². The molecule has 4 nitrogen and oxygen atoms in total. The van der Waals surface area contributed by atoms with Crippen LogP contribution in [0.15, 0.2) is 29.3 Å². The van der Waals surface area contributed by atoms with Gasteiger partial charge in [0.15, 0.2) is 0 Å². The van der Waals surface area contributed by atoms with E-state index in [-0.39, 0.29) is 5.56 Å². The van der Waals surface area contributed by atoms with Crippen LogP contribution in [-0.2, 0) is 6.54 Å². The maximum Gasteiger partial charge on any atom is 0.261 e. The fourth-order valence-corrected chi connectivity index (χ4v) is 1.78. The van der Waals surface area contributed by atoms with Crippen molar-refractivity contribution in [3.05, 3.63) is 39.9 Å². The molecule has 2 aromatic rings. The highest BCUT2D eigenvalue weighted by Crippen LogP contribution is 2.14. The quantitative estimate of drug-likeness (QED) is 0.907. The Morgan fingerprint density at radius 1 is 1.53 bits per heavy atom. The fourth-order valence-electron chi connectivity index (χ4n) is 1.62. The van der Waals surface area contributed by atoms with Crippen LogP contribution in [0.5, 0.6) is 0 Å². The Hall–Kier alpha value is -1.39. The Kier molecular flexibility index (Phi) is 3.45. The Balaban J connectivity index is 2.44. The zero-order chi connectivity index (χ0) is 12.4. The summed E-state index contributed by atoms with van der Waals surface area (Å²) in [5, 5.41) is 10.3. The summed E-state index contributed by atoms with van der Waals surface area (Å²) in [6.45, 7) is 2.15. The van der Waals surface area contributed by atoms with E-state index >= 15 is 0 Å². The van der Waals surface area contributed by atoms with E-state index in [1.807, 2.05) is 0 Å². The van der Waals surface area contributed by atoms with Gasteiger partial charge < -0.3 is 5.11 Å². The molecule has 2 rings (SSSR count). The lowest BCUT2D eigenvalue weighted by atomic mass is 10.2. The van der Waals surface area contributed by atoms with Gasteiger partial charge in [0.05, 0.1) is 23.3 Å². The average molecular weight is 253 g/mol. The number of benzene rings is 1. The Morgan fingerprint density at radius 3 is 3.00 bits per heavy atom. The lowest BCUT2D eigenvalue weighted by Crippen LogP contribution is -2.22. The van der Waals surface area contributed by atoms with Crippen LogP contribution in [0.3, 0.4) is 0 Å². The zero-order valence-corrected chi connectivity index (χ0v) is 10.2. The Morgan fingerprint density at radius 2 is 2.29 bits per heavy atom.